The van der Waals surface area contributed by atoms with E-state index < -0.39 is 23.9 Å². The Hall–Kier alpha value is -3.30. The predicted octanol–water partition coefficient (Wildman–Crippen LogP) is 2.50. The highest BCUT2D eigenvalue weighted by Gasteiger charge is 2.26. The number of halogens is 2. The molecule has 32 heavy (non-hydrogen) atoms. The third-order valence-corrected chi connectivity index (χ3v) is 5.05. The first-order valence-electron chi connectivity index (χ1n) is 9.46. The van der Waals surface area contributed by atoms with Crippen molar-refractivity contribution in [2.45, 2.75) is 18.9 Å². The molecule has 0 aliphatic carbocycles. The Morgan fingerprint density at radius 1 is 1.06 bits per heavy atom. The highest BCUT2D eigenvalue weighted by atomic mass is 35.5. The van der Waals surface area contributed by atoms with Crippen LogP contribution in [0, 0.1) is 0 Å². The molecule has 5 N–H and O–H groups in total. The number of benzene rings is 2. The van der Waals surface area contributed by atoms with Gasteiger partial charge in [-0.2, -0.15) is 0 Å². The summed E-state index contributed by atoms with van der Waals surface area (Å²) in [7, 11) is 1.12. The molecule has 2 rings (SSSR count). The lowest BCUT2D eigenvalue weighted by molar-refractivity contribution is -0.142. The molecule has 0 spiro atoms. The third kappa shape index (κ3) is 7.14. The van der Waals surface area contributed by atoms with E-state index in [1.54, 1.807) is 0 Å². The van der Waals surface area contributed by atoms with Crippen LogP contribution < -0.4 is 21.7 Å². The Morgan fingerprint density at radius 3 is 2.38 bits per heavy atom. The van der Waals surface area contributed by atoms with Crippen LogP contribution in [0.3, 0.4) is 0 Å². The Balaban J connectivity index is 2.13. The van der Waals surface area contributed by atoms with Crippen LogP contribution in [0.5, 0.6) is 0 Å². The number of ether oxygens (including phenoxy) is 1. The largest absolute Gasteiger partial charge is 0.467 e. The number of rotatable bonds is 9. The van der Waals surface area contributed by atoms with Crippen LogP contribution in [0.1, 0.15) is 22.3 Å². The van der Waals surface area contributed by atoms with Gasteiger partial charge in [-0.15, -0.1) is 0 Å². The summed E-state index contributed by atoms with van der Waals surface area (Å²) in [5.74, 6) is -1.92. The number of anilines is 1. The van der Waals surface area contributed by atoms with Crippen LogP contribution in [0.15, 0.2) is 42.5 Å². The van der Waals surface area contributed by atoms with Gasteiger partial charge in [0.2, 0.25) is 5.91 Å². The zero-order chi connectivity index (χ0) is 23.7. The van der Waals surface area contributed by atoms with E-state index in [9.17, 15) is 19.2 Å². The van der Waals surface area contributed by atoms with Gasteiger partial charge in [-0.05, 0) is 24.1 Å². The summed E-state index contributed by atoms with van der Waals surface area (Å²) in [5, 5.41) is 7.15. The van der Waals surface area contributed by atoms with Crippen LogP contribution >= 0.6 is 23.2 Å². The lowest BCUT2D eigenvalue weighted by Gasteiger charge is -2.18. The molecular formula is C21H22Cl2N4O5. The number of amides is 4. The number of carbonyl (C=O) groups is 4. The Kier molecular flexibility index (Phi) is 9.30. The molecule has 0 radical (unpaired) electrons. The molecule has 2 aromatic rings. The zero-order valence-electron chi connectivity index (χ0n) is 17.1. The van der Waals surface area contributed by atoms with Crippen LogP contribution in [0.2, 0.25) is 10.0 Å². The van der Waals surface area contributed by atoms with E-state index in [0.29, 0.717) is 6.42 Å². The fourth-order valence-corrected chi connectivity index (χ4v) is 3.33. The van der Waals surface area contributed by atoms with Gasteiger partial charge >= 0.3 is 12.0 Å². The summed E-state index contributed by atoms with van der Waals surface area (Å²) < 4.78 is 4.61. The minimum atomic E-state index is -1.24. The first-order chi connectivity index (χ1) is 15.2. The molecule has 0 fully saturated rings. The Bertz CT molecular complexity index is 1000. The molecule has 0 aromatic heterocycles. The van der Waals surface area contributed by atoms with E-state index in [0.717, 1.165) is 12.7 Å². The average molecular weight is 481 g/mol. The number of methoxy groups -OCH3 is 1. The smallest absolute Gasteiger partial charge is 0.330 e. The van der Waals surface area contributed by atoms with Gasteiger partial charge in [0, 0.05) is 6.42 Å². The van der Waals surface area contributed by atoms with Gasteiger partial charge in [0.1, 0.15) is 6.04 Å². The lowest BCUT2D eigenvalue weighted by Crippen LogP contribution is -2.50. The van der Waals surface area contributed by atoms with Crippen LogP contribution in [-0.4, -0.2) is 43.5 Å². The van der Waals surface area contributed by atoms with Crippen molar-refractivity contribution in [3.8, 4) is 0 Å². The summed E-state index contributed by atoms with van der Waals surface area (Å²) in [4.78, 5) is 48.0. The number of hydrogen-bond donors (Lipinski definition) is 4. The van der Waals surface area contributed by atoms with Gasteiger partial charge in [-0.3, -0.25) is 9.59 Å². The number of nitrogens with one attached hydrogen (secondary N) is 3. The Labute approximate surface area is 194 Å². The molecule has 0 saturated heterocycles. The fraction of sp³-hybridized carbons (Fsp3) is 0.238. The second-order valence-corrected chi connectivity index (χ2v) is 7.40. The SMILES string of the molecule is COC(=O)[C@H](CNC(N)=O)NC(=O)c1c(Cl)ccc(NC(=O)CCc2ccccc2)c1Cl. The first-order valence-corrected chi connectivity index (χ1v) is 10.2. The van der Waals surface area contributed by atoms with Crippen LogP contribution in [0.4, 0.5) is 10.5 Å². The van der Waals surface area contributed by atoms with Crippen LogP contribution in [-0.2, 0) is 20.7 Å². The van der Waals surface area contributed by atoms with Crippen LogP contribution in [0.25, 0.3) is 0 Å². The van der Waals surface area contributed by atoms with E-state index in [1.807, 2.05) is 30.3 Å². The highest BCUT2D eigenvalue weighted by molar-refractivity contribution is 6.41. The molecule has 0 unspecified atom stereocenters. The molecule has 0 aliphatic heterocycles. The first kappa shape index (κ1) is 25.0. The normalized spacial score (nSPS) is 11.2. The van der Waals surface area contributed by atoms with E-state index in [4.69, 9.17) is 28.9 Å². The lowest BCUT2D eigenvalue weighted by atomic mass is 10.1. The number of carbonyl (C=O) groups excluding carboxylic acids is 4. The summed E-state index contributed by atoms with van der Waals surface area (Å²) in [6.45, 7) is -0.307. The molecule has 11 heteroatoms. The number of primary amides is 1. The Morgan fingerprint density at radius 2 is 1.75 bits per heavy atom. The van der Waals surface area contributed by atoms with Crippen molar-refractivity contribution in [1.82, 2.24) is 10.6 Å². The summed E-state index contributed by atoms with van der Waals surface area (Å²) >= 11 is 12.5. The van der Waals surface area contributed by atoms with E-state index >= 15 is 0 Å². The predicted molar refractivity (Wildman–Crippen MR) is 121 cm³/mol. The number of aryl methyl sites for hydroxylation is 1. The number of hydrogen-bond acceptors (Lipinski definition) is 5. The molecule has 0 aliphatic rings. The van der Waals surface area contributed by atoms with Gasteiger partial charge in [0.15, 0.2) is 0 Å². The summed E-state index contributed by atoms with van der Waals surface area (Å²) in [6.07, 6.45) is 0.729. The third-order valence-electron chi connectivity index (χ3n) is 4.35. The minimum Gasteiger partial charge on any atom is -0.467 e. The van der Waals surface area contributed by atoms with Crippen molar-refractivity contribution in [3.05, 3.63) is 63.6 Å². The topological polar surface area (TPSA) is 140 Å². The summed E-state index contributed by atoms with van der Waals surface area (Å²) in [6, 6.07) is 10.2. The second-order valence-electron chi connectivity index (χ2n) is 6.61. The molecule has 1 atom stereocenters. The van der Waals surface area contributed by atoms with Crippen molar-refractivity contribution in [3.63, 3.8) is 0 Å². The van der Waals surface area contributed by atoms with Gasteiger partial charge in [-0.25, -0.2) is 9.59 Å². The maximum atomic E-state index is 12.8. The molecule has 0 bridgehead atoms. The fourth-order valence-electron chi connectivity index (χ4n) is 2.74. The van der Waals surface area contributed by atoms with Gasteiger partial charge < -0.3 is 26.4 Å². The zero-order valence-corrected chi connectivity index (χ0v) is 18.6. The van der Waals surface area contributed by atoms with Crippen molar-refractivity contribution in [1.29, 1.82) is 0 Å². The maximum absolute atomic E-state index is 12.8. The summed E-state index contributed by atoms with van der Waals surface area (Å²) in [5.41, 5.74) is 6.04. The highest BCUT2D eigenvalue weighted by Crippen LogP contribution is 2.32. The second kappa shape index (κ2) is 11.9. The van der Waals surface area contributed by atoms with Gasteiger partial charge in [0.05, 0.1) is 35.0 Å². The van der Waals surface area contributed by atoms with Crippen molar-refractivity contribution in [2.75, 3.05) is 19.0 Å². The van der Waals surface area contributed by atoms with E-state index in [1.165, 1.54) is 12.1 Å². The quantitative estimate of drug-likeness (QED) is 0.408. The maximum Gasteiger partial charge on any atom is 0.330 e. The monoisotopic (exact) mass is 480 g/mol. The standard InChI is InChI=1S/C21H22Cl2N4O5/c1-32-20(30)15(11-25-21(24)31)27-19(29)17-13(22)8-9-14(18(17)23)26-16(28)10-7-12-5-3-2-4-6-12/h2-6,8-9,15H,7,10-11H2,1H3,(H,26,28)(H,27,29)(H3,24,25,31)/t15-/m0/s1. The molecular weight excluding hydrogens is 459 g/mol. The minimum absolute atomic E-state index is 0.00117. The van der Waals surface area contributed by atoms with Gasteiger partial charge in [-0.1, -0.05) is 53.5 Å². The van der Waals surface area contributed by atoms with Crippen molar-refractivity contribution < 1.29 is 23.9 Å². The van der Waals surface area contributed by atoms with Crippen molar-refractivity contribution in [2.24, 2.45) is 5.73 Å². The van der Waals surface area contributed by atoms with E-state index in [-0.39, 0.29) is 40.2 Å². The molecule has 170 valence electrons. The molecule has 4 amide bonds. The molecule has 0 heterocycles. The number of urea groups is 1. The molecule has 9 nitrogen and oxygen atoms in total. The number of nitrogens with two attached hydrogens (primary N) is 1. The molecule has 2 aromatic carbocycles. The molecule has 0 saturated carbocycles. The average Bonchev–Trinajstić information content (AvgIpc) is 2.77. The van der Waals surface area contributed by atoms with Crippen molar-refractivity contribution >= 4 is 52.7 Å². The van der Waals surface area contributed by atoms with E-state index in [2.05, 4.69) is 20.7 Å². The number of esters is 1. The van der Waals surface area contributed by atoms with Gasteiger partial charge in [0.25, 0.3) is 5.91 Å².